The molecule has 0 unspecified atom stereocenters. The van der Waals surface area contributed by atoms with Crippen molar-refractivity contribution in [3.05, 3.63) is 33.8 Å². The van der Waals surface area contributed by atoms with E-state index in [2.05, 4.69) is 15.9 Å². The molecule has 4 nitrogen and oxygen atoms in total. The normalized spacial score (nSPS) is 10.8. The molecule has 0 saturated heterocycles. The molecule has 1 rings (SSSR count). The molecular formula is C10H7BrN2O2. The number of benzene rings is 1. The number of phenolic OH excluding ortho intramolecular Hbond substituents is 1. The largest absolute Gasteiger partial charge is 0.508 e. The number of nitrogens with two attached hydrogens (primary N) is 1. The second-order valence-corrected chi connectivity index (χ2v) is 3.59. The quantitative estimate of drug-likeness (QED) is 0.629. The average molecular weight is 267 g/mol. The van der Waals surface area contributed by atoms with Gasteiger partial charge in [0.15, 0.2) is 0 Å². The summed E-state index contributed by atoms with van der Waals surface area (Å²) in [7, 11) is 0. The van der Waals surface area contributed by atoms with Crippen LogP contribution in [0.1, 0.15) is 5.56 Å². The SMILES string of the molecule is N#C/C(=C\c1cc(O)ccc1Br)C(N)=O. The highest BCUT2D eigenvalue weighted by molar-refractivity contribution is 9.10. The summed E-state index contributed by atoms with van der Waals surface area (Å²) in [6.45, 7) is 0. The molecule has 1 aromatic carbocycles. The van der Waals surface area contributed by atoms with Crippen LogP contribution in [-0.4, -0.2) is 11.0 Å². The van der Waals surface area contributed by atoms with Gasteiger partial charge in [0.25, 0.3) is 5.91 Å². The summed E-state index contributed by atoms with van der Waals surface area (Å²) in [4.78, 5) is 10.8. The van der Waals surface area contributed by atoms with Crippen LogP contribution in [0, 0.1) is 11.3 Å². The van der Waals surface area contributed by atoms with E-state index >= 15 is 0 Å². The monoisotopic (exact) mass is 266 g/mol. The molecule has 0 fully saturated rings. The zero-order chi connectivity index (χ0) is 11.4. The van der Waals surface area contributed by atoms with Gasteiger partial charge in [-0.2, -0.15) is 5.26 Å². The topological polar surface area (TPSA) is 87.1 Å². The number of amides is 1. The van der Waals surface area contributed by atoms with Gasteiger partial charge in [-0.1, -0.05) is 15.9 Å². The summed E-state index contributed by atoms with van der Waals surface area (Å²) in [5.74, 6) is -0.751. The van der Waals surface area contributed by atoms with Crippen LogP contribution < -0.4 is 5.73 Å². The van der Waals surface area contributed by atoms with E-state index in [1.807, 2.05) is 0 Å². The van der Waals surface area contributed by atoms with Crippen molar-refractivity contribution in [3.8, 4) is 11.8 Å². The van der Waals surface area contributed by atoms with Crippen LogP contribution >= 0.6 is 15.9 Å². The number of nitrogens with zero attached hydrogens (tertiary/aromatic N) is 1. The first-order valence-corrected chi connectivity index (χ1v) is 4.74. The number of carbonyl (C=O) groups excluding carboxylic acids is 1. The maximum absolute atomic E-state index is 10.8. The zero-order valence-electron chi connectivity index (χ0n) is 7.57. The first-order chi connectivity index (χ1) is 7.04. The standard InChI is InChI=1S/C10H7BrN2O2/c11-9-2-1-8(14)4-6(9)3-7(5-12)10(13)15/h1-4,14H,(H2,13,15)/b7-3+. The van der Waals surface area contributed by atoms with Crippen molar-refractivity contribution in [1.82, 2.24) is 0 Å². The van der Waals surface area contributed by atoms with E-state index in [4.69, 9.17) is 11.0 Å². The molecule has 1 aromatic rings. The summed E-state index contributed by atoms with van der Waals surface area (Å²) in [6, 6.07) is 6.19. The lowest BCUT2D eigenvalue weighted by Gasteiger charge is -1.99. The van der Waals surface area contributed by atoms with Gasteiger partial charge in [-0.3, -0.25) is 4.79 Å². The second-order valence-electron chi connectivity index (χ2n) is 2.74. The zero-order valence-corrected chi connectivity index (χ0v) is 9.15. The van der Waals surface area contributed by atoms with Gasteiger partial charge in [-0.25, -0.2) is 0 Å². The third kappa shape index (κ3) is 2.82. The number of hydrogen-bond donors (Lipinski definition) is 2. The van der Waals surface area contributed by atoms with Gasteiger partial charge in [-0.15, -0.1) is 0 Å². The molecule has 0 aliphatic rings. The second kappa shape index (κ2) is 4.62. The summed E-state index contributed by atoms with van der Waals surface area (Å²) in [5, 5.41) is 17.8. The molecule has 0 bridgehead atoms. The van der Waals surface area contributed by atoms with Gasteiger partial charge in [0, 0.05) is 4.47 Å². The Hall–Kier alpha value is -1.80. The van der Waals surface area contributed by atoms with E-state index in [9.17, 15) is 9.90 Å². The number of rotatable bonds is 2. The van der Waals surface area contributed by atoms with Crippen molar-refractivity contribution in [2.75, 3.05) is 0 Å². The lowest BCUT2D eigenvalue weighted by Crippen LogP contribution is -2.12. The summed E-state index contributed by atoms with van der Waals surface area (Å²) in [5.41, 5.74) is 5.33. The van der Waals surface area contributed by atoms with Gasteiger partial charge >= 0.3 is 0 Å². The fourth-order valence-electron chi connectivity index (χ4n) is 0.956. The Bertz CT molecular complexity index is 475. The van der Waals surface area contributed by atoms with Crippen LogP contribution in [0.5, 0.6) is 5.75 Å². The number of halogens is 1. The van der Waals surface area contributed by atoms with E-state index in [0.717, 1.165) is 0 Å². The fourth-order valence-corrected chi connectivity index (χ4v) is 1.32. The number of phenols is 1. The van der Waals surface area contributed by atoms with Gasteiger partial charge < -0.3 is 10.8 Å². The Labute approximate surface area is 94.8 Å². The van der Waals surface area contributed by atoms with Gasteiger partial charge in [-0.05, 0) is 29.8 Å². The lowest BCUT2D eigenvalue weighted by molar-refractivity contribution is -0.114. The van der Waals surface area contributed by atoms with E-state index < -0.39 is 5.91 Å². The molecule has 3 N–H and O–H groups in total. The lowest BCUT2D eigenvalue weighted by atomic mass is 10.1. The van der Waals surface area contributed by atoms with Crippen LogP contribution in [0.15, 0.2) is 28.2 Å². The number of primary amides is 1. The van der Waals surface area contributed by atoms with E-state index in [-0.39, 0.29) is 11.3 Å². The molecule has 0 aromatic heterocycles. The van der Waals surface area contributed by atoms with Crippen molar-refractivity contribution >= 4 is 27.9 Å². The Morgan fingerprint density at radius 2 is 2.27 bits per heavy atom. The molecule has 76 valence electrons. The third-order valence-corrected chi connectivity index (χ3v) is 2.39. The molecule has 0 atom stereocenters. The summed E-state index contributed by atoms with van der Waals surface area (Å²) < 4.78 is 0.661. The highest BCUT2D eigenvalue weighted by Crippen LogP contribution is 2.23. The predicted molar refractivity (Wildman–Crippen MR) is 58.6 cm³/mol. The molecule has 0 spiro atoms. The van der Waals surface area contributed by atoms with Crippen LogP contribution in [0.2, 0.25) is 0 Å². The minimum atomic E-state index is -0.798. The summed E-state index contributed by atoms with van der Waals surface area (Å²) >= 11 is 3.22. The smallest absolute Gasteiger partial charge is 0.259 e. The van der Waals surface area contributed by atoms with Crippen LogP contribution in [-0.2, 0) is 4.79 Å². The minimum absolute atomic E-state index is 0.0474. The average Bonchev–Trinajstić information content (AvgIpc) is 2.18. The Morgan fingerprint density at radius 3 is 2.80 bits per heavy atom. The molecule has 0 aliphatic heterocycles. The van der Waals surface area contributed by atoms with Gasteiger partial charge in [0.2, 0.25) is 0 Å². The van der Waals surface area contributed by atoms with Crippen molar-refractivity contribution in [1.29, 1.82) is 5.26 Å². The molecule has 0 aliphatic carbocycles. The number of hydrogen-bond acceptors (Lipinski definition) is 3. The van der Waals surface area contributed by atoms with Crippen molar-refractivity contribution in [2.24, 2.45) is 5.73 Å². The molecule has 15 heavy (non-hydrogen) atoms. The van der Waals surface area contributed by atoms with E-state index in [1.165, 1.54) is 18.2 Å². The van der Waals surface area contributed by atoms with Gasteiger partial charge in [0.05, 0.1) is 0 Å². The maximum atomic E-state index is 10.8. The Morgan fingerprint density at radius 1 is 1.60 bits per heavy atom. The maximum Gasteiger partial charge on any atom is 0.259 e. The van der Waals surface area contributed by atoms with Crippen molar-refractivity contribution in [2.45, 2.75) is 0 Å². The number of aromatic hydroxyl groups is 1. The van der Waals surface area contributed by atoms with E-state index in [0.29, 0.717) is 10.0 Å². The highest BCUT2D eigenvalue weighted by Gasteiger charge is 2.05. The minimum Gasteiger partial charge on any atom is -0.508 e. The first kappa shape index (κ1) is 11.3. The number of carbonyl (C=O) groups is 1. The van der Waals surface area contributed by atoms with Crippen molar-refractivity contribution in [3.63, 3.8) is 0 Å². The number of nitriles is 1. The Kier molecular flexibility index (Phi) is 3.47. The molecule has 0 saturated carbocycles. The van der Waals surface area contributed by atoms with E-state index in [1.54, 1.807) is 12.1 Å². The van der Waals surface area contributed by atoms with Crippen LogP contribution in [0.4, 0.5) is 0 Å². The molecule has 0 radical (unpaired) electrons. The molecule has 1 amide bonds. The molecule has 5 heteroatoms. The van der Waals surface area contributed by atoms with Crippen molar-refractivity contribution < 1.29 is 9.90 Å². The first-order valence-electron chi connectivity index (χ1n) is 3.94. The van der Waals surface area contributed by atoms with Crippen LogP contribution in [0.25, 0.3) is 6.08 Å². The highest BCUT2D eigenvalue weighted by atomic mass is 79.9. The molecule has 0 heterocycles. The van der Waals surface area contributed by atoms with Gasteiger partial charge in [0.1, 0.15) is 17.4 Å². The third-order valence-electron chi connectivity index (χ3n) is 1.67. The fraction of sp³-hybridized carbons (Fsp3) is 0. The van der Waals surface area contributed by atoms with Crippen LogP contribution in [0.3, 0.4) is 0 Å². The molecular weight excluding hydrogens is 260 g/mol. The Balaban J connectivity index is 3.23. The summed E-state index contributed by atoms with van der Waals surface area (Å²) in [6.07, 6.45) is 1.31. The predicted octanol–water partition coefficient (Wildman–Crippen LogP) is 1.55.